The zero-order valence-corrected chi connectivity index (χ0v) is 18.4. The highest BCUT2D eigenvalue weighted by Crippen LogP contribution is 2.27. The van der Waals surface area contributed by atoms with Crippen LogP contribution in [0.2, 0.25) is 0 Å². The van der Waals surface area contributed by atoms with Crippen molar-refractivity contribution in [3.8, 4) is 0 Å². The van der Waals surface area contributed by atoms with Crippen LogP contribution in [-0.4, -0.2) is 52.6 Å². The van der Waals surface area contributed by atoms with E-state index in [0.29, 0.717) is 29.6 Å². The zero-order chi connectivity index (χ0) is 23.5. The van der Waals surface area contributed by atoms with Gasteiger partial charge in [0.2, 0.25) is 5.91 Å². The van der Waals surface area contributed by atoms with E-state index in [1.54, 1.807) is 24.3 Å². The number of urea groups is 1. The fourth-order valence-corrected chi connectivity index (χ4v) is 4.26. The first-order valence-electron chi connectivity index (χ1n) is 10.9. The molecule has 0 spiro atoms. The molecule has 0 bridgehead atoms. The average Bonchev–Trinajstić information content (AvgIpc) is 3.39. The van der Waals surface area contributed by atoms with Crippen molar-refractivity contribution in [2.75, 3.05) is 18.4 Å². The summed E-state index contributed by atoms with van der Waals surface area (Å²) in [6.07, 6.45) is 1.86. The molecular formula is C24H28N6O3. The Kier molecular flexibility index (Phi) is 6.32. The standard InChI is InChI=1S/C24H28N6O3/c1-15(16-7-3-2-4-8-16)12-27-22(31)21-11-17(25)13-30(21)24(33)28-19-14-29(23(26)32)20-10-6-5-9-18(19)20/h2-10,14-15,17,21H,11-13,25H2,1H3,(H2,26,32)(H,27,31)(H,28,33)/t15-,17-,21-/m0/s1. The Morgan fingerprint density at radius 1 is 1.09 bits per heavy atom. The lowest BCUT2D eigenvalue weighted by Gasteiger charge is -2.24. The molecule has 9 heteroatoms. The first-order valence-corrected chi connectivity index (χ1v) is 10.9. The van der Waals surface area contributed by atoms with Crippen molar-refractivity contribution in [1.29, 1.82) is 0 Å². The number of nitrogens with two attached hydrogens (primary N) is 2. The lowest BCUT2D eigenvalue weighted by Crippen LogP contribution is -2.48. The van der Waals surface area contributed by atoms with Crippen LogP contribution in [0.5, 0.6) is 0 Å². The van der Waals surface area contributed by atoms with Crippen molar-refractivity contribution in [3.63, 3.8) is 0 Å². The smallest absolute Gasteiger partial charge is 0.323 e. The number of rotatable bonds is 5. The third kappa shape index (κ3) is 4.68. The van der Waals surface area contributed by atoms with E-state index in [9.17, 15) is 14.4 Å². The number of para-hydroxylation sites is 1. The molecule has 0 saturated carbocycles. The second kappa shape index (κ2) is 9.33. The Balaban J connectivity index is 1.46. The van der Waals surface area contributed by atoms with Crippen molar-refractivity contribution >= 4 is 34.6 Å². The predicted octanol–water partition coefficient (Wildman–Crippen LogP) is 2.42. The Labute approximate surface area is 191 Å². The van der Waals surface area contributed by atoms with E-state index in [1.165, 1.54) is 15.7 Å². The maximum absolute atomic E-state index is 13.1. The van der Waals surface area contributed by atoms with Gasteiger partial charge in [-0.3, -0.25) is 9.36 Å². The summed E-state index contributed by atoms with van der Waals surface area (Å²) >= 11 is 0. The minimum absolute atomic E-state index is 0.132. The summed E-state index contributed by atoms with van der Waals surface area (Å²) in [4.78, 5) is 39.3. The van der Waals surface area contributed by atoms with Crippen LogP contribution >= 0.6 is 0 Å². The molecule has 9 nitrogen and oxygen atoms in total. The number of amides is 4. The molecule has 3 aromatic rings. The van der Waals surface area contributed by atoms with E-state index in [-0.39, 0.29) is 24.4 Å². The van der Waals surface area contributed by atoms with Crippen molar-refractivity contribution < 1.29 is 14.4 Å². The summed E-state index contributed by atoms with van der Waals surface area (Å²) in [6.45, 7) is 2.75. The number of hydrogen-bond donors (Lipinski definition) is 4. The molecule has 0 unspecified atom stereocenters. The molecule has 1 aromatic heterocycles. The van der Waals surface area contributed by atoms with Crippen molar-refractivity contribution in [3.05, 3.63) is 66.4 Å². The molecule has 1 aliphatic rings. The van der Waals surface area contributed by atoms with Gasteiger partial charge < -0.3 is 27.0 Å². The van der Waals surface area contributed by atoms with Gasteiger partial charge in [0.05, 0.1) is 11.2 Å². The predicted molar refractivity (Wildman–Crippen MR) is 127 cm³/mol. The average molecular weight is 449 g/mol. The van der Waals surface area contributed by atoms with Crippen LogP contribution in [0.25, 0.3) is 10.9 Å². The van der Waals surface area contributed by atoms with Crippen LogP contribution in [0, 0.1) is 0 Å². The van der Waals surface area contributed by atoms with Crippen LogP contribution in [0.1, 0.15) is 24.8 Å². The van der Waals surface area contributed by atoms with Crippen molar-refractivity contribution in [2.24, 2.45) is 11.5 Å². The molecule has 0 aliphatic carbocycles. The van der Waals surface area contributed by atoms with Gasteiger partial charge in [0.1, 0.15) is 6.04 Å². The number of likely N-dealkylation sites (tertiary alicyclic amines) is 1. The van der Waals surface area contributed by atoms with Crippen LogP contribution in [-0.2, 0) is 4.79 Å². The number of carbonyl (C=O) groups is 3. The molecule has 1 aliphatic heterocycles. The fraction of sp³-hybridized carbons (Fsp3) is 0.292. The number of nitrogens with zero attached hydrogens (tertiary/aromatic N) is 2. The van der Waals surface area contributed by atoms with Gasteiger partial charge in [-0.05, 0) is 24.0 Å². The summed E-state index contributed by atoms with van der Waals surface area (Å²) in [7, 11) is 0. The fourth-order valence-electron chi connectivity index (χ4n) is 4.26. The normalized spacial score (nSPS) is 18.8. The maximum Gasteiger partial charge on any atom is 0.323 e. The summed E-state index contributed by atoms with van der Waals surface area (Å²) < 4.78 is 1.27. The van der Waals surface area contributed by atoms with E-state index in [4.69, 9.17) is 11.5 Å². The molecule has 6 N–H and O–H groups in total. The van der Waals surface area contributed by atoms with Gasteiger partial charge in [-0.25, -0.2) is 9.59 Å². The number of primary amides is 1. The summed E-state index contributed by atoms with van der Waals surface area (Å²) in [5.74, 6) is -0.104. The number of fused-ring (bicyclic) bond motifs is 1. The Morgan fingerprint density at radius 3 is 2.52 bits per heavy atom. The molecule has 0 radical (unpaired) electrons. The van der Waals surface area contributed by atoms with Crippen molar-refractivity contribution in [1.82, 2.24) is 14.8 Å². The zero-order valence-electron chi connectivity index (χ0n) is 18.4. The van der Waals surface area contributed by atoms with Gasteiger partial charge in [-0.1, -0.05) is 55.5 Å². The van der Waals surface area contributed by atoms with Gasteiger partial charge in [-0.15, -0.1) is 0 Å². The Bertz CT molecular complexity index is 1180. The summed E-state index contributed by atoms with van der Waals surface area (Å²) in [6, 6.07) is 14.9. The molecule has 1 saturated heterocycles. The van der Waals surface area contributed by atoms with E-state index in [0.717, 1.165) is 5.56 Å². The second-order valence-corrected chi connectivity index (χ2v) is 8.42. The van der Waals surface area contributed by atoms with Gasteiger partial charge in [0.25, 0.3) is 0 Å². The van der Waals surface area contributed by atoms with Gasteiger partial charge in [0, 0.05) is 30.7 Å². The number of aromatic nitrogens is 1. The lowest BCUT2D eigenvalue weighted by atomic mass is 10.0. The van der Waals surface area contributed by atoms with Crippen LogP contribution in [0.3, 0.4) is 0 Å². The Hall–Kier alpha value is -3.85. The highest BCUT2D eigenvalue weighted by atomic mass is 16.2. The van der Waals surface area contributed by atoms with Crippen LogP contribution in [0.4, 0.5) is 15.3 Å². The molecule has 33 heavy (non-hydrogen) atoms. The largest absolute Gasteiger partial charge is 0.354 e. The highest BCUT2D eigenvalue weighted by Gasteiger charge is 2.38. The highest BCUT2D eigenvalue weighted by molar-refractivity contribution is 6.05. The number of nitrogens with one attached hydrogen (secondary N) is 2. The molecule has 4 amide bonds. The molecule has 2 heterocycles. The molecule has 1 fully saturated rings. The van der Waals surface area contributed by atoms with E-state index in [2.05, 4.69) is 10.6 Å². The van der Waals surface area contributed by atoms with Gasteiger partial charge in [0.15, 0.2) is 0 Å². The lowest BCUT2D eigenvalue weighted by molar-refractivity contribution is -0.124. The van der Waals surface area contributed by atoms with Crippen molar-refractivity contribution in [2.45, 2.75) is 31.3 Å². The summed E-state index contributed by atoms with van der Waals surface area (Å²) in [5.41, 5.74) is 13.7. The van der Waals surface area contributed by atoms with Gasteiger partial charge in [-0.2, -0.15) is 0 Å². The number of benzene rings is 2. The quantitative estimate of drug-likeness (QED) is 0.477. The maximum atomic E-state index is 13.1. The number of anilines is 1. The second-order valence-electron chi connectivity index (χ2n) is 8.42. The van der Waals surface area contributed by atoms with Crippen LogP contribution < -0.4 is 22.1 Å². The third-order valence-corrected chi connectivity index (χ3v) is 6.04. The Morgan fingerprint density at radius 2 is 1.79 bits per heavy atom. The number of carbonyl (C=O) groups excluding carboxylic acids is 3. The first kappa shape index (κ1) is 22.3. The molecule has 4 rings (SSSR count). The van der Waals surface area contributed by atoms with Crippen LogP contribution in [0.15, 0.2) is 60.8 Å². The molecule has 2 aromatic carbocycles. The third-order valence-electron chi connectivity index (χ3n) is 6.04. The molecule has 172 valence electrons. The number of hydrogen-bond acceptors (Lipinski definition) is 4. The monoisotopic (exact) mass is 448 g/mol. The summed E-state index contributed by atoms with van der Waals surface area (Å²) in [5, 5.41) is 6.45. The minimum Gasteiger partial charge on any atom is -0.354 e. The first-order chi connectivity index (χ1) is 15.8. The SMILES string of the molecule is C[C@@H](CNC(=O)[C@@H]1C[C@H](N)CN1C(=O)Nc1cn(C(N)=O)c2ccccc12)c1ccccc1. The molecular weight excluding hydrogens is 420 g/mol. The van der Waals surface area contributed by atoms with Gasteiger partial charge >= 0.3 is 12.1 Å². The topological polar surface area (TPSA) is 135 Å². The molecule has 3 atom stereocenters. The van der Waals surface area contributed by atoms with E-state index >= 15 is 0 Å². The minimum atomic E-state index is -0.674. The van der Waals surface area contributed by atoms with E-state index in [1.807, 2.05) is 37.3 Å². The van der Waals surface area contributed by atoms with E-state index < -0.39 is 18.1 Å².